The molecule has 1 saturated carbocycles. The Kier molecular flexibility index (Phi) is 7.12. The van der Waals surface area contributed by atoms with Crippen molar-refractivity contribution < 1.29 is 18.1 Å². The zero-order valence-electron chi connectivity index (χ0n) is 30.7. The van der Waals surface area contributed by atoms with Crippen LogP contribution in [0, 0.1) is 25.5 Å². The normalized spacial score (nSPS) is 16.2. The predicted octanol–water partition coefficient (Wildman–Crippen LogP) is 5.36. The Bertz CT molecular complexity index is 3040. The second-order valence-corrected chi connectivity index (χ2v) is 14.8. The molecule has 1 aliphatic heterocycles. The molecule has 0 radical (unpaired) electrons. The smallest absolute Gasteiger partial charge is 0.331 e. The number of hydrogen-bond donors (Lipinski definition) is 1. The fourth-order valence-corrected chi connectivity index (χ4v) is 8.59. The molecule has 14 nitrogen and oxygen atoms in total. The maximum absolute atomic E-state index is 16.0. The highest BCUT2D eigenvalue weighted by molar-refractivity contribution is 5.99. The largest absolute Gasteiger partial charge is 0.438 e. The van der Waals surface area contributed by atoms with E-state index in [2.05, 4.69) is 15.2 Å². The third-order valence-corrected chi connectivity index (χ3v) is 11.5. The number of carbonyl (C=O) groups excluding carboxylic acids is 1. The number of pyridine rings is 1. The lowest BCUT2D eigenvalue weighted by atomic mass is 9.90. The van der Waals surface area contributed by atoms with Crippen LogP contribution in [0.2, 0.25) is 0 Å². The van der Waals surface area contributed by atoms with Crippen LogP contribution in [0.4, 0.5) is 8.78 Å². The summed E-state index contributed by atoms with van der Waals surface area (Å²) in [6.45, 7) is 5.54. The summed E-state index contributed by atoms with van der Waals surface area (Å²) in [5.74, 6) is -1.13. The molecule has 0 spiro atoms. The number of aryl methyl sites for hydroxylation is 3. The zero-order chi connectivity index (χ0) is 38.8. The summed E-state index contributed by atoms with van der Waals surface area (Å²) in [6, 6.07) is 11.7. The molecule has 282 valence electrons. The Hall–Kier alpha value is -6.84. The maximum atomic E-state index is 16.0. The molecule has 0 saturated heterocycles. The van der Waals surface area contributed by atoms with Crippen molar-refractivity contribution in [1.29, 1.82) is 0 Å². The van der Waals surface area contributed by atoms with Gasteiger partial charge in [0.25, 0.3) is 5.91 Å². The van der Waals surface area contributed by atoms with Crippen LogP contribution in [-0.4, -0.2) is 60.6 Å². The van der Waals surface area contributed by atoms with Crippen LogP contribution >= 0.6 is 0 Å². The predicted molar refractivity (Wildman–Crippen MR) is 200 cm³/mol. The van der Waals surface area contributed by atoms with Gasteiger partial charge in [0.05, 0.1) is 56.7 Å². The number of aromatic nitrogens is 9. The molecule has 2 aromatic carbocycles. The lowest BCUT2D eigenvalue weighted by Crippen LogP contribution is -2.40. The first-order chi connectivity index (χ1) is 27.0. The topological polar surface area (TPSA) is 146 Å². The van der Waals surface area contributed by atoms with E-state index in [0.29, 0.717) is 76.6 Å². The van der Waals surface area contributed by atoms with Crippen LogP contribution in [0.1, 0.15) is 69.9 Å². The Labute approximate surface area is 315 Å². The highest BCUT2D eigenvalue weighted by Crippen LogP contribution is 2.55. The van der Waals surface area contributed by atoms with E-state index in [1.54, 1.807) is 65.8 Å². The molecule has 2 aliphatic rings. The summed E-state index contributed by atoms with van der Waals surface area (Å²) in [5, 5.41) is 13.5. The minimum Gasteiger partial charge on any atom is -0.331 e. The van der Waals surface area contributed by atoms with Crippen LogP contribution in [0.25, 0.3) is 33.6 Å². The molecule has 10 rings (SSSR count). The monoisotopic (exact) mass is 756 g/mol. The summed E-state index contributed by atoms with van der Waals surface area (Å²) >= 11 is 0. The number of benzene rings is 2. The molecule has 1 N–H and O–H groups in total. The number of H-pyrrole nitrogens is 1. The Morgan fingerprint density at radius 2 is 1.75 bits per heavy atom. The maximum Gasteiger partial charge on any atom is 0.438 e. The van der Waals surface area contributed by atoms with Crippen molar-refractivity contribution in [1.82, 2.24) is 48.1 Å². The summed E-state index contributed by atoms with van der Waals surface area (Å²) < 4.78 is 43.5. The number of fused-ring (bicyclic) bond motifs is 3. The van der Waals surface area contributed by atoms with E-state index < -0.39 is 28.7 Å². The first kappa shape index (κ1) is 33.7. The van der Waals surface area contributed by atoms with Gasteiger partial charge in [-0.15, -0.1) is 0 Å². The first-order valence-corrected chi connectivity index (χ1v) is 18.2. The number of carbonyl (C=O) groups is 1. The third-order valence-electron chi connectivity index (χ3n) is 11.5. The van der Waals surface area contributed by atoms with Gasteiger partial charge in [-0.1, -0.05) is 11.2 Å². The fourth-order valence-electron chi connectivity index (χ4n) is 8.59. The Balaban J connectivity index is 1.13. The van der Waals surface area contributed by atoms with Crippen LogP contribution in [0.5, 0.6) is 0 Å². The quantitative estimate of drug-likeness (QED) is 0.240. The molecular formula is C40H34F2N10O4. The van der Waals surface area contributed by atoms with E-state index in [0.717, 1.165) is 11.1 Å². The average molecular weight is 757 g/mol. The number of rotatable bonds is 6. The summed E-state index contributed by atoms with van der Waals surface area (Å²) in [6.07, 6.45) is 9.81. The molecule has 1 fully saturated rings. The first-order valence-electron chi connectivity index (χ1n) is 18.2. The van der Waals surface area contributed by atoms with E-state index in [4.69, 9.17) is 9.62 Å². The zero-order valence-corrected chi connectivity index (χ0v) is 30.7. The van der Waals surface area contributed by atoms with Crippen LogP contribution in [0.15, 0.2) is 87.6 Å². The third kappa shape index (κ3) is 4.70. The SMILES string of the molecule is Cc1cc(-n2nc3c(c2-n2ccn(-c4ccc5c(cnn5C)c4F)c2=O)[C@H](C)N(C(=O)c2cn4ccccc4c2C2(c4noc(=O)[nH]4)CC2)CC3)cc(C)c1F. The number of amides is 1. The summed E-state index contributed by atoms with van der Waals surface area (Å²) in [5.41, 5.74) is 3.97. The number of aromatic amines is 1. The van der Waals surface area contributed by atoms with E-state index in [1.165, 1.54) is 27.6 Å². The van der Waals surface area contributed by atoms with Gasteiger partial charge in [-0.3, -0.25) is 28.1 Å². The van der Waals surface area contributed by atoms with Crippen molar-refractivity contribution in [3.63, 3.8) is 0 Å². The molecule has 56 heavy (non-hydrogen) atoms. The molecule has 7 heterocycles. The number of imidazole rings is 1. The van der Waals surface area contributed by atoms with Crippen molar-refractivity contribution in [2.75, 3.05) is 6.54 Å². The van der Waals surface area contributed by atoms with Crippen molar-refractivity contribution in [2.45, 2.75) is 51.5 Å². The average Bonchev–Trinajstić information content (AvgIpc) is 3.65. The molecule has 0 unspecified atom stereocenters. The summed E-state index contributed by atoms with van der Waals surface area (Å²) in [7, 11) is 1.71. The van der Waals surface area contributed by atoms with Gasteiger partial charge in [0, 0.05) is 55.9 Å². The highest BCUT2D eigenvalue weighted by Gasteiger charge is 2.53. The van der Waals surface area contributed by atoms with Gasteiger partial charge in [0.15, 0.2) is 11.6 Å². The van der Waals surface area contributed by atoms with Crippen molar-refractivity contribution in [3.05, 3.63) is 145 Å². The van der Waals surface area contributed by atoms with E-state index in [-0.39, 0.29) is 22.8 Å². The van der Waals surface area contributed by atoms with Gasteiger partial charge < -0.3 is 9.30 Å². The van der Waals surface area contributed by atoms with Gasteiger partial charge in [-0.05, 0) is 81.1 Å². The Morgan fingerprint density at radius 3 is 2.48 bits per heavy atom. The number of nitrogens with zero attached hydrogens (tertiary/aromatic N) is 9. The molecule has 6 aromatic heterocycles. The van der Waals surface area contributed by atoms with Gasteiger partial charge in [-0.25, -0.2) is 23.1 Å². The molecule has 16 heteroatoms. The standard InChI is InChI=1S/C40H34F2N10O4/c1-21-17-24(18-22(2)33(21)41)52-35(51-16-15-50(39(51)55)30-9-8-28-25(34(30)42)19-43-47(28)4)31-23(3)49(14-10-27(31)45-52)36(53)26-20-48-13-6-5-7-29(48)32(26)40(11-12-40)37-44-38(54)56-46-37/h5-9,13,15-20,23H,10-12,14H2,1-4H3,(H,44,46,54)/t23-/m0/s1. The molecule has 1 aliphatic carbocycles. The number of halogens is 2. The van der Waals surface area contributed by atoms with Gasteiger partial charge in [0.1, 0.15) is 11.6 Å². The van der Waals surface area contributed by atoms with Crippen LogP contribution < -0.4 is 11.4 Å². The van der Waals surface area contributed by atoms with Crippen molar-refractivity contribution in [2.24, 2.45) is 7.05 Å². The van der Waals surface area contributed by atoms with E-state index in [9.17, 15) is 18.8 Å². The molecule has 1 amide bonds. The van der Waals surface area contributed by atoms with Gasteiger partial charge in [0.2, 0.25) is 0 Å². The van der Waals surface area contributed by atoms with E-state index >= 15 is 4.39 Å². The lowest BCUT2D eigenvalue weighted by molar-refractivity contribution is 0.0675. The second-order valence-electron chi connectivity index (χ2n) is 14.8. The molecule has 0 bridgehead atoms. The van der Waals surface area contributed by atoms with Crippen LogP contribution in [-0.2, 0) is 18.9 Å². The van der Waals surface area contributed by atoms with Gasteiger partial charge >= 0.3 is 11.4 Å². The minimum atomic E-state index is -0.712. The van der Waals surface area contributed by atoms with Gasteiger partial charge in [-0.2, -0.15) is 10.2 Å². The van der Waals surface area contributed by atoms with E-state index in [1.807, 2.05) is 35.7 Å². The minimum absolute atomic E-state index is 0.0447. The van der Waals surface area contributed by atoms with Crippen molar-refractivity contribution in [3.8, 4) is 17.2 Å². The molecule has 8 aromatic rings. The molecular weight excluding hydrogens is 723 g/mol. The van der Waals surface area contributed by atoms with Crippen LogP contribution in [0.3, 0.4) is 0 Å². The summed E-state index contributed by atoms with van der Waals surface area (Å²) in [4.78, 5) is 46.0. The fraction of sp³-hybridized carbons (Fsp3) is 0.250. The number of hydrogen-bond acceptors (Lipinski definition) is 7. The Morgan fingerprint density at radius 1 is 0.982 bits per heavy atom. The lowest BCUT2D eigenvalue weighted by Gasteiger charge is -2.34. The molecule has 1 atom stereocenters. The number of nitrogens with one attached hydrogen (secondary N) is 1. The second kappa shape index (κ2) is 11.8. The highest BCUT2D eigenvalue weighted by atomic mass is 19.1. The van der Waals surface area contributed by atoms with Crippen molar-refractivity contribution >= 4 is 22.3 Å².